The first kappa shape index (κ1) is 14.7. The van der Waals surface area contributed by atoms with Gasteiger partial charge in [0.15, 0.2) is 0 Å². The zero-order valence-corrected chi connectivity index (χ0v) is 9.93. The largest absolute Gasteiger partial charge is 0.411 e. The highest BCUT2D eigenvalue weighted by atomic mass is 35.5. The smallest absolute Gasteiger partial charge is 0.298 e. The van der Waals surface area contributed by atoms with E-state index in [0.29, 0.717) is 0 Å². The summed E-state index contributed by atoms with van der Waals surface area (Å²) in [7, 11) is -3.78. The van der Waals surface area contributed by atoms with E-state index in [1.807, 2.05) is 5.66 Å². The minimum Gasteiger partial charge on any atom is -0.298 e. The van der Waals surface area contributed by atoms with E-state index in [9.17, 15) is 14.7 Å². The van der Waals surface area contributed by atoms with E-state index < -0.39 is 12.5 Å². The number of hydrogen-bond acceptors (Lipinski definition) is 5. The molecule has 0 saturated carbocycles. The lowest BCUT2D eigenvalue weighted by molar-refractivity contribution is -0.379. The van der Waals surface area contributed by atoms with Crippen LogP contribution in [0.4, 0.5) is 0 Å². The van der Waals surface area contributed by atoms with Gasteiger partial charge in [0, 0.05) is 11.8 Å². The van der Waals surface area contributed by atoms with Gasteiger partial charge in [-0.15, -0.1) is 23.2 Å². The summed E-state index contributed by atoms with van der Waals surface area (Å²) in [5.41, 5.74) is 1.81. The highest BCUT2D eigenvalue weighted by molar-refractivity contribution is 7.59. The first-order valence-corrected chi connectivity index (χ1v) is 6.33. The van der Waals surface area contributed by atoms with Crippen molar-refractivity contribution >= 4 is 30.8 Å². The van der Waals surface area contributed by atoms with Crippen molar-refractivity contribution in [2.75, 3.05) is 25.0 Å². The molecule has 0 aliphatic carbocycles. The summed E-state index contributed by atoms with van der Waals surface area (Å²) in [6.45, 7) is -0.152. The van der Waals surface area contributed by atoms with Crippen LogP contribution in [0.25, 0.3) is 0 Å². The fraction of sp³-hybridized carbons (Fsp3) is 0.667. The Kier molecular flexibility index (Phi) is 7.75. The molecule has 0 aromatic rings. The van der Waals surface area contributed by atoms with Crippen LogP contribution in [0.2, 0.25) is 0 Å². The number of nitro groups is 1. The SMILES string of the molecule is O=[N+]([O-])C#CP(=O)(OCCCl)OCCCl. The maximum atomic E-state index is 11.6. The molecule has 0 aromatic heterocycles. The molecular weight excluding hydrogens is 268 g/mol. The van der Waals surface area contributed by atoms with Crippen molar-refractivity contribution in [2.45, 2.75) is 0 Å². The average Bonchev–Trinajstić information content (AvgIpc) is 2.21. The maximum Gasteiger partial charge on any atom is 0.411 e. The molecule has 0 aliphatic heterocycles. The van der Waals surface area contributed by atoms with Gasteiger partial charge in [0.25, 0.3) is 0 Å². The molecule has 0 rings (SSSR count). The van der Waals surface area contributed by atoms with E-state index in [-0.39, 0.29) is 25.0 Å². The van der Waals surface area contributed by atoms with Crippen LogP contribution in [0.15, 0.2) is 0 Å². The van der Waals surface area contributed by atoms with Crippen molar-refractivity contribution in [1.82, 2.24) is 0 Å². The third kappa shape index (κ3) is 7.60. The van der Waals surface area contributed by atoms with Crippen LogP contribution >= 0.6 is 30.8 Å². The first-order valence-electron chi connectivity index (χ1n) is 3.72. The Hall–Kier alpha value is -0.310. The molecule has 9 heteroatoms. The number of alkyl halides is 2. The Labute approximate surface area is 96.5 Å². The average molecular weight is 276 g/mol. The predicted molar refractivity (Wildman–Crippen MR) is 55.7 cm³/mol. The second-order valence-corrected chi connectivity index (χ2v) is 4.51. The molecule has 0 radical (unpaired) electrons. The zero-order chi connectivity index (χ0) is 11.7. The van der Waals surface area contributed by atoms with Gasteiger partial charge in [0.1, 0.15) is 10.6 Å². The molecule has 0 bridgehead atoms. The van der Waals surface area contributed by atoms with Gasteiger partial charge in [-0.2, -0.15) is 0 Å². The molecule has 0 fully saturated rings. The topological polar surface area (TPSA) is 78.7 Å². The number of halogens is 2. The van der Waals surface area contributed by atoms with Crippen LogP contribution < -0.4 is 0 Å². The molecule has 0 amide bonds. The lowest BCUT2D eigenvalue weighted by Gasteiger charge is -2.09. The van der Waals surface area contributed by atoms with Crippen molar-refractivity contribution < 1.29 is 18.5 Å². The van der Waals surface area contributed by atoms with E-state index in [2.05, 4.69) is 0 Å². The molecule has 0 aromatic carbocycles. The molecule has 15 heavy (non-hydrogen) atoms. The highest BCUT2D eigenvalue weighted by Crippen LogP contribution is 2.46. The molecule has 0 N–H and O–H groups in total. The minimum absolute atomic E-state index is 0.0759. The van der Waals surface area contributed by atoms with Crippen LogP contribution in [-0.2, 0) is 13.6 Å². The van der Waals surface area contributed by atoms with E-state index in [0.717, 1.165) is 0 Å². The Balaban J connectivity index is 4.49. The second kappa shape index (κ2) is 7.91. The zero-order valence-electron chi connectivity index (χ0n) is 7.52. The van der Waals surface area contributed by atoms with Crippen LogP contribution in [0, 0.1) is 21.8 Å². The fourth-order valence-corrected chi connectivity index (χ4v) is 1.95. The van der Waals surface area contributed by atoms with Crippen molar-refractivity contribution in [1.29, 1.82) is 0 Å². The molecule has 6 nitrogen and oxygen atoms in total. The summed E-state index contributed by atoms with van der Waals surface area (Å²) in [5, 5.41) is 9.94. The van der Waals surface area contributed by atoms with Crippen molar-refractivity contribution in [3.05, 3.63) is 10.1 Å². The summed E-state index contributed by atoms with van der Waals surface area (Å²) < 4.78 is 21.0. The summed E-state index contributed by atoms with van der Waals surface area (Å²) in [6.07, 6.45) is 0. The minimum atomic E-state index is -3.78. The van der Waals surface area contributed by atoms with Gasteiger partial charge in [-0.3, -0.25) is 9.05 Å². The van der Waals surface area contributed by atoms with Gasteiger partial charge in [0.05, 0.1) is 13.2 Å². The Bertz CT molecular complexity index is 300. The maximum absolute atomic E-state index is 11.6. The second-order valence-electron chi connectivity index (χ2n) is 2.02. The molecule has 0 saturated heterocycles. The molecule has 0 heterocycles. The monoisotopic (exact) mass is 275 g/mol. The van der Waals surface area contributed by atoms with Gasteiger partial charge in [-0.1, -0.05) is 0 Å². The third-order valence-corrected chi connectivity index (χ3v) is 2.68. The Morgan fingerprint density at radius 3 is 2.07 bits per heavy atom. The number of nitrogens with zero attached hydrogens (tertiary/aromatic N) is 1. The van der Waals surface area contributed by atoms with Gasteiger partial charge < -0.3 is 0 Å². The van der Waals surface area contributed by atoms with Crippen LogP contribution in [0.3, 0.4) is 0 Å². The number of rotatable bonds is 6. The van der Waals surface area contributed by atoms with E-state index >= 15 is 0 Å². The van der Waals surface area contributed by atoms with Gasteiger partial charge >= 0.3 is 13.6 Å². The van der Waals surface area contributed by atoms with E-state index in [1.165, 1.54) is 6.04 Å². The quantitative estimate of drug-likeness (QED) is 0.185. The summed E-state index contributed by atoms with van der Waals surface area (Å²) in [4.78, 5) is 9.00. The predicted octanol–water partition coefficient (Wildman–Crippen LogP) is 1.89. The molecule has 0 atom stereocenters. The highest BCUT2D eigenvalue weighted by Gasteiger charge is 2.22. The number of hydrogen-bond donors (Lipinski definition) is 0. The van der Waals surface area contributed by atoms with Gasteiger partial charge in [-0.05, 0) is 0 Å². The summed E-state index contributed by atoms with van der Waals surface area (Å²) in [5.74, 6) is 0.155. The Morgan fingerprint density at radius 2 is 1.73 bits per heavy atom. The molecule has 0 spiro atoms. The van der Waals surface area contributed by atoms with Crippen molar-refractivity contribution in [3.8, 4) is 11.7 Å². The summed E-state index contributed by atoms with van der Waals surface area (Å²) in [6, 6.07) is 1.48. The van der Waals surface area contributed by atoms with E-state index in [1.54, 1.807) is 0 Å². The molecule has 0 aliphatic rings. The van der Waals surface area contributed by atoms with Crippen LogP contribution in [0.1, 0.15) is 0 Å². The van der Waals surface area contributed by atoms with Crippen LogP contribution in [-0.4, -0.2) is 29.9 Å². The summed E-state index contributed by atoms with van der Waals surface area (Å²) >= 11 is 10.6. The van der Waals surface area contributed by atoms with Crippen LogP contribution in [0.5, 0.6) is 0 Å². The first-order chi connectivity index (χ1) is 7.04. The lowest BCUT2D eigenvalue weighted by Crippen LogP contribution is -2.00. The fourth-order valence-electron chi connectivity index (χ4n) is 0.513. The molecule has 0 unspecified atom stereocenters. The Morgan fingerprint density at radius 1 is 1.27 bits per heavy atom. The lowest BCUT2D eigenvalue weighted by atomic mass is 10.9. The van der Waals surface area contributed by atoms with E-state index in [4.69, 9.17) is 32.2 Å². The molecule has 86 valence electrons. The normalized spacial score (nSPS) is 10.5. The molecular formula is C6H8Cl2NO5P. The third-order valence-electron chi connectivity index (χ3n) is 0.955. The van der Waals surface area contributed by atoms with Gasteiger partial charge in [-0.25, -0.2) is 14.7 Å². The van der Waals surface area contributed by atoms with Crippen molar-refractivity contribution in [3.63, 3.8) is 0 Å². The standard InChI is InChI=1S/C6H8Cl2NO5P/c7-1-4-13-15(12,14-5-2-8)6-3-9(10)11/h1-2,4-5H2. The van der Waals surface area contributed by atoms with Crippen molar-refractivity contribution in [2.24, 2.45) is 0 Å². The van der Waals surface area contributed by atoms with Gasteiger partial charge in [0.2, 0.25) is 0 Å².